The first kappa shape index (κ1) is 16.2. The second-order valence-corrected chi connectivity index (χ2v) is 7.58. The van der Waals surface area contributed by atoms with E-state index in [4.69, 9.17) is 0 Å². The molecule has 0 aromatic carbocycles. The van der Waals surface area contributed by atoms with Gasteiger partial charge in [-0.15, -0.1) is 0 Å². The zero-order chi connectivity index (χ0) is 14.8. The zero-order valence-electron chi connectivity index (χ0n) is 13.4. The van der Waals surface area contributed by atoms with Gasteiger partial charge in [-0.1, -0.05) is 19.8 Å². The minimum atomic E-state index is -0.196. The second-order valence-electron chi connectivity index (χ2n) is 7.58. The van der Waals surface area contributed by atoms with Crippen LogP contribution >= 0.6 is 0 Å². The number of aliphatic hydroxyl groups excluding tert-OH is 2. The van der Waals surface area contributed by atoms with E-state index in [0.29, 0.717) is 12.6 Å². The molecule has 0 spiro atoms. The Morgan fingerprint density at radius 2 is 1.90 bits per heavy atom. The van der Waals surface area contributed by atoms with Crippen LogP contribution in [0.15, 0.2) is 0 Å². The zero-order valence-corrected chi connectivity index (χ0v) is 13.4. The van der Waals surface area contributed by atoms with Crippen LogP contribution in [0.1, 0.15) is 39.0 Å². The lowest BCUT2D eigenvalue weighted by Gasteiger charge is -2.42. The first-order valence-electron chi connectivity index (χ1n) is 8.12. The van der Waals surface area contributed by atoms with E-state index >= 15 is 0 Å². The average molecular weight is 284 g/mol. The van der Waals surface area contributed by atoms with Crippen molar-refractivity contribution < 1.29 is 10.2 Å². The Kier molecular flexibility index (Phi) is 5.46. The first-order chi connectivity index (χ1) is 9.44. The number of hydrogen-bond donors (Lipinski definition) is 2. The first-order valence-corrected chi connectivity index (χ1v) is 8.12. The van der Waals surface area contributed by atoms with Gasteiger partial charge in [-0.3, -0.25) is 4.90 Å². The number of hydrogen-bond acceptors (Lipinski definition) is 4. The largest absolute Gasteiger partial charge is 0.396 e. The van der Waals surface area contributed by atoms with Crippen molar-refractivity contribution in [3.05, 3.63) is 0 Å². The number of likely N-dealkylation sites (tertiary alicyclic amines) is 1. The molecule has 2 rings (SSSR count). The molecule has 1 saturated heterocycles. The number of β-amino-alcohol motifs (C(OH)–C–C–N with tert-alkyl or cyclic N) is 1. The summed E-state index contributed by atoms with van der Waals surface area (Å²) < 4.78 is 0. The van der Waals surface area contributed by atoms with Crippen LogP contribution < -0.4 is 0 Å². The summed E-state index contributed by atoms with van der Waals surface area (Å²) in [4.78, 5) is 4.63. The van der Waals surface area contributed by atoms with Gasteiger partial charge in [0.05, 0.1) is 6.10 Å². The molecule has 2 N–H and O–H groups in total. The van der Waals surface area contributed by atoms with Gasteiger partial charge in [0.15, 0.2) is 0 Å². The molecule has 2 unspecified atom stereocenters. The highest BCUT2D eigenvalue weighted by atomic mass is 16.3. The van der Waals surface area contributed by atoms with Crippen molar-refractivity contribution in [1.29, 1.82) is 0 Å². The smallest absolute Gasteiger partial charge is 0.0682 e. The Bertz CT molecular complexity index is 301. The van der Waals surface area contributed by atoms with Gasteiger partial charge in [0, 0.05) is 37.7 Å². The molecule has 0 bridgehead atoms. The van der Waals surface area contributed by atoms with Crippen molar-refractivity contribution in [2.45, 2.75) is 51.2 Å². The van der Waals surface area contributed by atoms with Crippen molar-refractivity contribution in [1.82, 2.24) is 9.80 Å². The molecule has 0 aromatic heterocycles. The third-order valence-electron chi connectivity index (χ3n) is 5.29. The van der Waals surface area contributed by atoms with Crippen molar-refractivity contribution in [3.8, 4) is 0 Å². The molecule has 0 radical (unpaired) electrons. The molecule has 20 heavy (non-hydrogen) atoms. The maximum atomic E-state index is 9.99. The van der Waals surface area contributed by atoms with E-state index in [0.717, 1.165) is 44.8 Å². The van der Waals surface area contributed by atoms with Gasteiger partial charge in [0.2, 0.25) is 0 Å². The lowest BCUT2D eigenvalue weighted by atomic mass is 9.71. The number of nitrogens with zero attached hydrogens (tertiary/aromatic N) is 2. The quantitative estimate of drug-likeness (QED) is 0.796. The third kappa shape index (κ3) is 3.94. The lowest BCUT2D eigenvalue weighted by Crippen LogP contribution is -2.47. The summed E-state index contributed by atoms with van der Waals surface area (Å²) in [5.41, 5.74) is 0.0706. The fourth-order valence-corrected chi connectivity index (χ4v) is 3.93. The maximum Gasteiger partial charge on any atom is 0.0682 e. The number of aliphatic hydroxyl groups is 2. The van der Waals surface area contributed by atoms with Crippen LogP contribution in [0.5, 0.6) is 0 Å². The minimum Gasteiger partial charge on any atom is -0.396 e. The van der Waals surface area contributed by atoms with Gasteiger partial charge in [-0.2, -0.15) is 0 Å². The SMILES string of the molecule is CC1CCC(CO)(CN2CC(O)CC2CN(C)C)CC1. The molecule has 2 fully saturated rings. The topological polar surface area (TPSA) is 46.9 Å². The van der Waals surface area contributed by atoms with Gasteiger partial charge in [-0.25, -0.2) is 0 Å². The van der Waals surface area contributed by atoms with Crippen LogP contribution in [0, 0.1) is 11.3 Å². The maximum absolute atomic E-state index is 9.99. The molecule has 118 valence electrons. The Morgan fingerprint density at radius 1 is 1.25 bits per heavy atom. The standard InChI is InChI=1S/C16H32N2O2/c1-13-4-6-16(12-19,7-5-13)11-18-10-15(20)8-14(18)9-17(2)3/h13-15,19-20H,4-12H2,1-3H3. The molecule has 1 saturated carbocycles. The van der Waals surface area contributed by atoms with Gasteiger partial charge >= 0.3 is 0 Å². The molecule has 1 heterocycles. The summed E-state index contributed by atoms with van der Waals surface area (Å²) in [6.07, 6.45) is 5.40. The number of likely N-dealkylation sites (N-methyl/N-ethyl adjacent to an activating group) is 1. The molecular formula is C16H32N2O2. The fourth-order valence-electron chi connectivity index (χ4n) is 3.93. The molecule has 2 aliphatic rings. The monoisotopic (exact) mass is 284 g/mol. The summed E-state index contributed by atoms with van der Waals surface area (Å²) in [6, 6.07) is 0.433. The summed E-state index contributed by atoms with van der Waals surface area (Å²) in [5.74, 6) is 0.802. The Morgan fingerprint density at radius 3 is 2.45 bits per heavy atom. The van der Waals surface area contributed by atoms with Crippen LogP contribution in [-0.4, -0.2) is 72.5 Å². The molecule has 0 aromatic rings. The third-order valence-corrected chi connectivity index (χ3v) is 5.29. The highest BCUT2D eigenvalue weighted by molar-refractivity contribution is 4.93. The Hall–Kier alpha value is -0.160. The van der Waals surface area contributed by atoms with Crippen molar-refractivity contribution in [2.24, 2.45) is 11.3 Å². The van der Waals surface area contributed by atoms with E-state index in [-0.39, 0.29) is 11.5 Å². The molecule has 1 aliphatic carbocycles. The van der Waals surface area contributed by atoms with Crippen molar-refractivity contribution in [2.75, 3.05) is 40.3 Å². The summed E-state index contributed by atoms with van der Waals surface area (Å²) >= 11 is 0. The van der Waals surface area contributed by atoms with E-state index in [9.17, 15) is 10.2 Å². The summed E-state index contributed by atoms with van der Waals surface area (Å²) in [5, 5.41) is 19.9. The van der Waals surface area contributed by atoms with E-state index in [1.54, 1.807) is 0 Å². The molecule has 0 amide bonds. The van der Waals surface area contributed by atoms with Crippen LogP contribution in [0.4, 0.5) is 0 Å². The predicted octanol–water partition coefficient (Wildman–Crippen LogP) is 1.17. The number of rotatable bonds is 5. The molecular weight excluding hydrogens is 252 g/mol. The summed E-state index contributed by atoms with van der Waals surface area (Å²) in [6.45, 7) is 5.33. The second kappa shape index (κ2) is 6.73. The Balaban J connectivity index is 1.98. The normalized spacial score (nSPS) is 39.6. The predicted molar refractivity (Wildman–Crippen MR) is 81.7 cm³/mol. The lowest BCUT2D eigenvalue weighted by molar-refractivity contribution is 0.0204. The van der Waals surface area contributed by atoms with Crippen molar-refractivity contribution in [3.63, 3.8) is 0 Å². The Labute approximate surface area is 123 Å². The summed E-state index contributed by atoms with van der Waals surface area (Å²) in [7, 11) is 4.18. The van der Waals surface area contributed by atoms with Gasteiger partial charge in [-0.05, 0) is 39.3 Å². The van der Waals surface area contributed by atoms with Crippen LogP contribution in [0.2, 0.25) is 0 Å². The highest BCUT2D eigenvalue weighted by Crippen LogP contribution is 2.40. The van der Waals surface area contributed by atoms with Crippen LogP contribution in [-0.2, 0) is 0 Å². The van der Waals surface area contributed by atoms with Crippen molar-refractivity contribution >= 4 is 0 Å². The van der Waals surface area contributed by atoms with E-state index in [1.807, 2.05) is 0 Å². The fraction of sp³-hybridized carbons (Fsp3) is 1.00. The van der Waals surface area contributed by atoms with E-state index < -0.39 is 0 Å². The van der Waals surface area contributed by atoms with E-state index in [2.05, 4.69) is 30.8 Å². The van der Waals surface area contributed by atoms with Crippen LogP contribution in [0.3, 0.4) is 0 Å². The average Bonchev–Trinajstić information content (AvgIpc) is 2.71. The van der Waals surface area contributed by atoms with Gasteiger partial charge < -0.3 is 15.1 Å². The molecule has 4 nitrogen and oxygen atoms in total. The molecule has 4 heteroatoms. The van der Waals surface area contributed by atoms with Gasteiger partial charge in [0.1, 0.15) is 0 Å². The minimum absolute atomic E-state index is 0.0706. The molecule has 1 aliphatic heterocycles. The molecule has 2 atom stereocenters. The van der Waals surface area contributed by atoms with Gasteiger partial charge in [0.25, 0.3) is 0 Å². The van der Waals surface area contributed by atoms with Crippen LogP contribution in [0.25, 0.3) is 0 Å². The van der Waals surface area contributed by atoms with E-state index in [1.165, 1.54) is 12.8 Å². The highest BCUT2D eigenvalue weighted by Gasteiger charge is 2.40.